The zero-order valence-electron chi connectivity index (χ0n) is 16.4. The number of amides is 1. The number of fused-ring (bicyclic) bond motifs is 1. The molecule has 0 N–H and O–H groups in total. The fourth-order valence-electron chi connectivity index (χ4n) is 4.11. The lowest BCUT2D eigenvalue weighted by atomic mass is 9.93. The van der Waals surface area contributed by atoms with E-state index in [4.69, 9.17) is 4.42 Å². The average molecular weight is 362 g/mol. The van der Waals surface area contributed by atoms with Gasteiger partial charge in [-0.25, -0.2) is 0 Å². The van der Waals surface area contributed by atoms with Crippen molar-refractivity contribution in [3.63, 3.8) is 0 Å². The highest BCUT2D eigenvalue weighted by molar-refractivity contribution is 5.98. The first-order valence-corrected chi connectivity index (χ1v) is 9.45. The second-order valence-corrected chi connectivity index (χ2v) is 7.87. The molecule has 2 unspecified atom stereocenters. The summed E-state index contributed by atoms with van der Waals surface area (Å²) in [7, 11) is 4.19. The van der Waals surface area contributed by atoms with Crippen LogP contribution >= 0.6 is 0 Å². The first kappa shape index (κ1) is 17.8. The highest BCUT2D eigenvalue weighted by atomic mass is 16.3. The van der Waals surface area contributed by atoms with Gasteiger partial charge in [-0.2, -0.15) is 0 Å². The van der Waals surface area contributed by atoms with Crippen LogP contribution in [-0.4, -0.2) is 48.9 Å². The van der Waals surface area contributed by atoms with Crippen LogP contribution in [0.5, 0.6) is 0 Å². The second-order valence-electron chi connectivity index (χ2n) is 7.87. The molecule has 4 rings (SSSR count). The summed E-state index contributed by atoms with van der Waals surface area (Å²) >= 11 is 0. The quantitative estimate of drug-likeness (QED) is 0.700. The predicted molar refractivity (Wildman–Crippen MR) is 108 cm³/mol. The number of furan rings is 1. The smallest absolute Gasteiger partial charge is 0.253 e. The number of hydrogen-bond donors (Lipinski definition) is 0. The lowest BCUT2D eigenvalue weighted by molar-refractivity contribution is 0.0782. The molecule has 140 valence electrons. The molecule has 1 aromatic heterocycles. The molecule has 2 aromatic carbocycles. The van der Waals surface area contributed by atoms with E-state index in [2.05, 4.69) is 50.2 Å². The molecule has 1 fully saturated rings. The summed E-state index contributed by atoms with van der Waals surface area (Å²) in [6.45, 7) is 5.52. The van der Waals surface area contributed by atoms with Gasteiger partial charge in [-0.3, -0.25) is 4.79 Å². The van der Waals surface area contributed by atoms with Crippen LogP contribution in [0.1, 0.15) is 33.2 Å². The van der Waals surface area contributed by atoms with E-state index >= 15 is 0 Å². The zero-order chi connectivity index (χ0) is 19.1. The van der Waals surface area contributed by atoms with Gasteiger partial charge in [-0.15, -0.1) is 0 Å². The van der Waals surface area contributed by atoms with E-state index in [-0.39, 0.29) is 5.91 Å². The standard InChI is InChI=1S/C23H26N2O2/c1-15-5-7-17(8-6-15)20-13-25(14-21(20)24(3)4)23(26)18-9-10-22-19(12-18)11-16(2)27-22/h5-12,20-21H,13-14H2,1-4H3. The summed E-state index contributed by atoms with van der Waals surface area (Å²) in [6, 6.07) is 16.7. The summed E-state index contributed by atoms with van der Waals surface area (Å²) in [5.74, 6) is 1.28. The number of carbonyl (C=O) groups excluding carboxylic acids is 1. The van der Waals surface area contributed by atoms with Crippen LogP contribution in [0.3, 0.4) is 0 Å². The lowest BCUT2D eigenvalue weighted by Crippen LogP contribution is -2.35. The summed E-state index contributed by atoms with van der Waals surface area (Å²) in [5, 5.41) is 0.983. The van der Waals surface area contributed by atoms with Gasteiger partial charge in [0.25, 0.3) is 5.91 Å². The maximum atomic E-state index is 13.2. The largest absolute Gasteiger partial charge is 0.461 e. The molecule has 0 spiro atoms. The average Bonchev–Trinajstić information content (AvgIpc) is 3.24. The molecule has 1 saturated heterocycles. The Hall–Kier alpha value is -2.59. The van der Waals surface area contributed by atoms with Gasteiger partial charge in [0.05, 0.1) is 0 Å². The number of benzene rings is 2. The second kappa shape index (κ2) is 6.86. The number of likely N-dealkylation sites (N-methyl/N-ethyl adjacent to an activating group) is 1. The van der Waals surface area contributed by atoms with E-state index in [0.29, 0.717) is 12.0 Å². The van der Waals surface area contributed by atoms with Gasteiger partial charge in [0.2, 0.25) is 0 Å². The van der Waals surface area contributed by atoms with Crippen LogP contribution in [0, 0.1) is 13.8 Å². The monoisotopic (exact) mass is 362 g/mol. The van der Waals surface area contributed by atoms with Crippen molar-refractivity contribution in [1.29, 1.82) is 0 Å². The number of aryl methyl sites for hydroxylation is 2. The fourth-order valence-corrected chi connectivity index (χ4v) is 4.11. The van der Waals surface area contributed by atoms with Crippen LogP contribution in [0.2, 0.25) is 0 Å². The van der Waals surface area contributed by atoms with Crippen molar-refractivity contribution in [2.24, 2.45) is 0 Å². The van der Waals surface area contributed by atoms with E-state index in [1.54, 1.807) is 0 Å². The summed E-state index contributed by atoms with van der Waals surface area (Å²) in [5.41, 5.74) is 4.12. The van der Waals surface area contributed by atoms with Crippen molar-refractivity contribution in [3.05, 3.63) is 71.0 Å². The van der Waals surface area contributed by atoms with Gasteiger partial charge in [0.1, 0.15) is 11.3 Å². The maximum Gasteiger partial charge on any atom is 0.253 e. The van der Waals surface area contributed by atoms with Crippen molar-refractivity contribution >= 4 is 16.9 Å². The Labute approximate surface area is 160 Å². The first-order chi connectivity index (χ1) is 12.9. The molecule has 4 nitrogen and oxygen atoms in total. The summed E-state index contributed by atoms with van der Waals surface area (Å²) < 4.78 is 5.63. The van der Waals surface area contributed by atoms with E-state index in [0.717, 1.165) is 35.4 Å². The van der Waals surface area contributed by atoms with E-state index in [1.807, 2.05) is 36.1 Å². The molecule has 3 aromatic rings. The first-order valence-electron chi connectivity index (χ1n) is 9.45. The number of likely N-dealkylation sites (tertiary alicyclic amines) is 1. The SMILES string of the molecule is Cc1ccc(C2CN(C(=O)c3ccc4oc(C)cc4c3)CC2N(C)C)cc1. The van der Waals surface area contributed by atoms with Crippen LogP contribution in [0.15, 0.2) is 52.9 Å². The highest BCUT2D eigenvalue weighted by Crippen LogP contribution is 2.32. The normalized spacial score (nSPS) is 20.0. The Morgan fingerprint density at radius 1 is 1.04 bits per heavy atom. The van der Waals surface area contributed by atoms with Crippen LogP contribution < -0.4 is 0 Å². The Bertz CT molecular complexity index is 972. The van der Waals surface area contributed by atoms with Crippen LogP contribution in [0.4, 0.5) is 0 Å². The Balaban J connectivity index is 1.60. The predicted octanol–water partition coefficient (Wildman–Crippen LogP) is 4.22. The fraction of sp³-hybridized carbons (Fsp3) is 0.348. The zero-order valence-corrected chi connectivity index (χ0v) is 16.4. The molecule has 2 heterocycles. The minimum absolute atomic E-state index is 0.0946. The number of nitrogens with zero attached hydrogens (tertiary/aromatic N) is 2. The maximum absolute atomic E-state index is 13.2. The summed E-state index contributed by atoms with van der Waals surface area (Å²) in [4.78, 5) is 17.4. The summed E-state index contributed by atoms with van der Waals surface area (Å²) in [6.07, 6.45) is 0. The molecule has 0 bridgehead atoms. The minimum atomic E-state index is 0.0946. The topological polar surface area (TPSA) is 36.7 Å². The van der Waals surface area contributed by atoms with Gasteiger partial charge in [0, 0.05) is 36.0 Å². The molecule has 0 aliphatic carbocycles. The number of hydrogen-bond acceptors (Lipinski definition) is 3. The van der Waals surface area contributed by atoms with Gasteiger partial charge < -0.3 is 14.2 Å². The molecule has 1 aliphatic rings. The number of rotatable bonds is 3. The molecule has 1 amide bonds. The van der Waals surface area contributed by atoms with Crippen molar-refractivity contribution in [2.45, 2.75) is 25.8 Å². The van der Waals surface area contributed by atoms with E-state index < -0.39 is 0 Å². The highest BCUT2D eigenvalue weighted by Gasteiger charge is 2.37. The molecule has 4 heteroatoms. The van der Waals surface area contributed by atoms with Crippen LogP contribution in [0.25, 0.3) is 11.0 Å². The molecule has 0 saturated carbocycles. The van der Waals surface area contributed by atoms with Crippen molar-refractivity contribution < 1.29 is 9.21 Å². The van der Waals surface area contributed by atoms with Gasteiger partial charge in [-0.1, -0.05) is 29.8 Å². The third kappa shape index (κ3) is 3.37. The minimum Gasteiger partial charge on any atom is -0.461 e. The van der Waals surface area contributed by atoms with Gasteiger partial charge in [-0.05, 0) is 57.8 Å². The van der Waals surface area contributed by atoms with E-state index in [9.17, 15) is 4.79 Å². The van der Waals surface area contributed by atoms with Crippen LogP contribution in [-0.2, 0) is 0 Å². The number of carbonyl (C=O) groups is 1. The molecule has 0 radical (unpaired) electrons. The third-order valence-corrected chi connectivity index (χ3v) is 5.63. The molecule has 27 heavy (non-hydrogen) atoms. The molecular weight excluding hydrogens is 336 g/mol. The lowest BCUT2D eigenvalue weighted by Gasteiger charge is -2.25. The van der Waals surface area contributed by atoms with Crippen molar-refractivity contribution in [1.82, 2.24) is 9.80 Å². The van der Waals surface area contributed by atoms with Gasteiger partial charge >= 0.3 is 0 Å². The molecular formula is C23H26N2O2. The van der Waals surface area contributed by atoms with Crippen molar-refractivity contribution in [2.75, 3.05) is 27.2 Å². The van der Waals surface area contributed by atoms with E-state index in [1.165, 1.54) is 11.1 Å². The Morgan fingerprint density at radius 3 is 2.48 bits per heavy atom. The Kier molecular flexibility index (Phi) is 4.52. The van der Waals surface area contributed by atoms with Gasteiger partial charge in [0.15, 0.2) is 0 Å². The Morgan fingerprint density at radius 2 is 1.78 bits per heavy atom. The molecule has 2 atom stereocenters. The molecule has 1 aliphatic heterocycles. The van der Waals surface area contributed by atoms with Crippen molar-refractivity contribution in [3.8, 4) is 0 Å². The third-order valence-electron chi connectivity index (χ3n) is 5.63.